The van der Waals surface area contributed by atoms with E-state index in [1.54, 1.807) is 0 Å². The number of anilines is 1. The number of ether oxygens (including phenoxy) is 1. The van der Waals surface area contributed by atoms with Gasteiger partial charge in [-0.3, -0.25) is 14.9 Å². The number of carbonyl (C=O) groups is 1. The maximum Gasteiger partial charge on any atom is 0.312 e. The Morgan fingerprint density at radius 2 is 2.30 bits per heavy atom. The van der Waals surface area contributed by atoms with Crippen LogP contribution in [0.1, 0.15) is 25.7 Å². The Morgan fingerprint density at radius 3 is 2.95 bits per heavy atom. The predicted molar refractivity (Wildman–Crippen MR) is 71.6 cm³/mol. The van der Waals surface area contributed by atoms with Crippen molar-refractivity contribution in [3.63, 3.8) is 0 Å². The van der Waals surface area contributed by atoms with Crippen molar-refractivity contribution in [3.05, 3.63) is 28.3 Å². The summed E-state index contributed by atoms with van der Waals surface area (Å²) in [6.07, 6.45) is 3.05. The number of rotatable bonds is 4. The number of nitro groups is 1. The topological polar surface area (TPSA) is 102 Å². The Labute approximate surface area is 115 Å². The maximum absolute atomic E-state index is 11.8. The van der Waals surface area contributed by atoms with Crippen molar-refractivity contribution < 1.29 is 19.6 Å². The second kappa shape index (κ2) is 6.33. The third-order valence-electron chi connectivity index (χ3n) is 3.14. The van der Waals surface area contributed by atoms with Gasteiger partial charge in [-0.15, -0.1) is 0 Å². The van der Waals surface area contributed by atoms with Gasteiger partial charge in [0, 0.05) is 18.4 Å². The lowest BCUT2D eigenvalue weighted by Gasteiger charge is -2.21. The van der Waals surface area contributed by atoms with Crippen LogP contribution in [0.3, 0.4) is 0 Å². The molecule has 1 aromatic rings. The highest BCUT2D eigenvalue weighted by atomic mass is 16.6. The van der Waals surface area contributed by atoms with E-state index < -0.39 is 16.4 Å². The Hall–Kier alpha value is -2.15. The molecular weight excluding hydrogens is 264 g/mol. The Balaban J connectivity index is 1.96. The third kappa shape index (κ3) is 3.67. The highest BCUT2D eigenvalue weighted by Crippen LogP contribution is 2.28. The van der Waals surface area contributed by atoms with Gasteiger partial charge in [-0.05, 0) is 31.4 Å². The lowest BCUT2D eigenvalue weighted by Crippen LogP contribution is -2.25. The summed E-state index contributed by atoms with van der Waals surface area (Å²) in [5.41, 5.74) is -0.146. The molecule has 0 bridgehead atoms. The van der Waals surface area contributed by atoms with Crippen LogP contribution in [0.4, 0.5) is 11.4 Å². The van der Waals surface area contributed by atoms with Gasteiger partial charge in [0.1, 0.15) is 0 Å². The van der Waals surface area contributed by atoms with Crippen LogP contribution in [0.5, 0.6) is 5.75 Å². The minimum absolute atomic E-state index is 0.0872. The first-order valence-corrected chi connectivity index (χ1v) is 6.45. The Morgan fingerprint density at radius 1 is 1.50 bits per heavy atom. The fourth-order valence-electron chi connectivity index (χ4n) is 2.13. The molecule has 1 aliphatic heterocycles. The molecule has 2 N–H and O–H groups in total. The largest absolute Gasteiger partial charge is 0.502 e. The second-order valence-corrected chi connectivity index (χ2v) is 4.70. The highest BCUT2D eigenvalue weighted by molar-refractivity contribution is 5.91. The normalized spacial score (nSPS) is 18.5. The van der Waals surface area contributed by atoms with E-state index in [-0.39, 0.29) is 24.1 Å². The highest BCUT2D eigenvalue weighted by Gasteiger charge is 2.19. The molecule has 1 amide bonds. The number of nitro benzene ring substituents is 1. The molecule has 0 aromatic heterocycles. The van der Waals surface area contributed by atoms with E-state index in [0.717, 1.165) is 25.3 Å². The number of hydrogen-bond donors (Lipinski definition) is 2. The van der Waals surface area contributed by atoms with E-state index in [1.807, 2.05) is 0 Å². The lowest BCUT2D eigenvalue weighted by atomic mass is 10.1. The molecule has 108 valence electrons. The number of nitrogens with one attached hydrogen (secondary N) is 1. The number of amides is 1. The van der Waals surface area contributed by atoms with Crippen LogP contribution in [0, 0.1) is 10.1 Å². The van der Waals surface area contributed by atoms with Gasteiger partial charge in [0.05, 0.1) is 17.4 Å². The molecule has 1 fully saturated rings. The van der Waals surface area contributed by atoms with Gasteiger partial charge in [0.15, 0.2) is 5.75 Å². The standard InChI is InChI=1S/C13H16N2O5/c16-12-5-4-9(7-11(12)15(18)19)14-13(17)8-10-3-1-2-6-20-10/h4-5,7,10,16H,1-3,6,8H2,(H,14,17)/t10-/m1/s1. The van der Waals surface area contributed by atoms with Crippen LogP contribution < -0.4 is 5.32 Å². The van der Waals surface area contributed by atoms with E-state index in [0.29, 0.717) is 6.61 Å². The molecule has 1 heterocycles. The fourth-order valence-corrected chi connectivity index (χ4v) is 2.13. The minimum Gasteiger partial charge on any atom is -0.502 e. The lowest BCUT2D eigenvalue weighted by molar-refractivity contribution is -0.385. The molecule has 7 heteroatoms. The zero-order valence-corrected chi connectivity index (χ0v) is 10.9. The molecule has 2 rings (SSSR count). The van der Waals surface area contributed by atoms with Gasteiger partial charge in [-0.2, -0.15) is 0 Å². The van der Waals surface area contributed by atoms with Crippen molar-refractivity contribution in [1.29, 1.82) is 0 Å². The molecular formula is C13H16N2O5. The van der Waals surface area contributed by atoms with Crippen LogP contribution in [-0.2, 0) is 9.53 Å². The fraction of sp³-hybridized carbons (Fsp3) is 0.462. The number of nitrogens with zero attached hydrogens (tertiary/aromatic N) is 1. The van der Waals surface area contributed by atoms with Gasteiger partial charge < -0.3 is 15.2 Å². The van der Waals surface area contributed by atoms with Crippen molar-refractivity contribution in [2.24, 2.45) is 0 Å². The SMILES string of the molecule is O=C(C[C@H]1CCCCO1)Nc1ccc(O)c([N+](=O)[O-])c1. The monoisotopic (exact) mass is 280 g/mol. The molecule has 0 radical (unpaired) electrons. The first-order valence-electron chi connectivity index (χ1n) is 6.45. The first-order chi connectivity index (χ1) is 9.56. The molecule has 1 aliphatic rings. The van der Waals surface area contributed by atoms with Gasteiger partial charge in [-0.1, -0.05) is 0 Å². The number of phenolic OH excluding ortho intramolecular Hbond substituents is 1. The summed E-state index contributed by atoms with van der Waals surface area (Å²) in [6, 6.07) is 3.74. The van der Waals surface area contributed by atoms with E-state index in [2.05, 4.69) is 5.32 Å². The number of hydrogen-bond acceptors (Lipinski definition) is 5. The number of aromatic hydroxyl groups is 1. The molecule has 1 atom stereocenters. The van der Waals surface area contributed by atoms with Crippen LogP contribution in [0.15, 0.2) is 18.2 Å². The molecule has 7 nitrogen and oxygen atoms in total. The van der Waals surface area contributed by atoms with E-state index in [1.165, 1.54) is 12.1 Å². The van der Waals surface area contributed by atoms with Crippen LogP contribution >= 0.6 is 0 Å². The summed E-state index contributed by atoms with van der Waals surface area (Å²) in [5.74, 6) is -0.680. The molecule has 0 aliphatic carbocycles. The molecule has 20 heavy (non-hydrogen) atoms. The molecule has 0 saturated carbocycles. The van der Waals surface area contributed by atoms with Crippen LogP contribution in [-0.4, -0.2) is 28.6 Å². The second-order valence-electron chi connectivity index (χ2n) is 4.70. The van der Waals surface area contributed by atoms with Crippen LogP contribution in [0.25, 0.3) is 0 Å². The van der Waals surface area contributed by atoms with Gasteiger partial charge in [0.2, 0.25) is 5.91 Å². The summed E-state index contributed by atoms with van der Waals surface area (Å²) < 4.78 is 5.46. The van der Waals surface area contributed by atoms with Gasteiger partial charge in [0.25, 0.3) is 0 Å². The van der Waals surface area contributed by atoms with Gasteiger partial charge in [-0.25, -0.2) is 0 Å². The van der Waals surface area contributed by atoms with Crippen molar-refractivity contribution in [2.75, 3.05) is 11.9 Å². The average molecular weight is 280 g/mol. The Kier molecular flexibility index (Phi) is 4.52. The van der Waals surface area contributed by atoms with E-state index in [9.17, 15) is 20.0 Å². The smallest absolute Gasteiger partial charge is 0.312 e. The van der Waals surface area contributed by atoms with Crippen molar-refractivity contribution in [3.8, 4) is 5.75 Å². The number of phenols is 1. The zero-order chi connectivity index (χ0) is 14.5. The number of benzene rings is 1. The van der Waals surface area contributed by atoms with Crippen molar-refractivity contribution in [1.82, 2.24) is 0 Å². The summed E-state index contributed by atoms with van der Waals surface area (Å²) in [4.78, 5) is 21.8. The van der Waals surface area contributed by atoms with Crippen LogP contribution in [0.2, 0.25) is 0 Å². The third-order valence-corrected chi connectivity index (χ3v) is 3.14. The summed E-state index contributed by atoms with van der Waals surface area (Å²) in [7, 11) is 0. The van der Waals surface area contributed by atoms with Gasteiger partial charge >= 0.3 is 5.69 Å². The summed E-state index contributed by atoms with van der Waals surface area (Å²) in [6.45, 7) is 0.669. The first kappa shape index (κ1) is 14.3. The molecule has 0 unspecified atom stereocenters. The quantitative estimate of drug-likeness (QED) is 0.500. The summed E-state index contributed by atoms with van der Waals surface area (Å²) in [5, 5.41) is 22.6. The molecule has 0 spiro atoms. The Bertz CT molecular complexity index is 511. The van der Waals surface area contributed by atoms with E-state index in [4.69, 9.17) is 4.74 Å². The summed E-state index contributed by atoms with van der Waals surface area (Å²) >= 11 is 0. The predicted octanol–water partition coefficient (Wildman–Crippen LogP) is 2.20. The molecule has 1 aromatic carbocycles. The minimum atomic E-state index is -0.699. The maximum atomic E-state index is 11.8. The molecule has 1 saturated heterocycles. The van der Waals surface area contributed by atoms with Crippen molar-refractivity contribution in [2.45, 2.75) is 31.8 Å². The van der Waals surface area contributed by atoms with E-state index >= 15 is 0 Å². The average Bonchev–Trinajstić information content (AvgIpc) is 2.41. The number of carbonyl (C=O) groups excluding carboxylic acids is 1. The zero-order valence-electron chi connectivity index (χ0n) is 10.9. The van der Waals surface area contributed by atoms with Crippen molar-refractivity contribution >= 4 is 17.3 Å².